The van der Waals surface area contributed by atoms with Crippen molar-refractivity contribution in [2.75, 3.05) is 19.8 Å². The third-order valence-corrected chi connectivity index (χ3v) is 2.71. The molecule has 0 aliphatic rings. The van der Waals surface area contributed by atoms with Crippen molar-refractivity contribution < 1.29 is 9.53 Å². The molecule has 0 aliphatic carbocycles. The van der Waals surface area contributed by atoms with Crippen molar-refractivity contribution in [3.8, 4) is 0 Å². The van der Waals surface area contributed by atoms with Crippen molar-refractivity contribution in [1.82, 2.24) is 5.32 Å². The molecule has 0 aliphatic heterocycles. The van der Waals surface area contributed by atoms with Gasteiger partial charge in [-0.2, -0.15) is 0 Å². The Hall–Kier alpha value is -0.870. The van der Waals surface area contributed by atoms with E-state index in [9.17, 15) is 4.79 Å². The molecule has 1 heterocycles. The van der Waals surface area contributed by atoms with Crippen LogP contribution in [0.15, 0.2) is 17.5 Å². The van der Waals surface area contributed by atoms with Crippen LogP contribution in [0.25, 0.3) is 0 Å². The predicted octanol–water partition coefficient (Wildman–Crippen LogP) is 2.29. The van der Waals surface area contributed by atoms with Crippen LogP contribution >= 0.6 is 11.3 Å². The molecule has 0 bridgehead atoms. The number of thiophene rings is 1. The molecule has 0 saturated heterocycles. The van der Waals surface area contributed by atoms with E-state index in [-0.39, 0.29) is 5.91 Å². The second-order valence-corrected chi connectivity index (χ2v) is 4.15. The first-order chi connectivity index (χ1) is 7.34. The summed E-state index contributed by atoms with van der Waals surface area (Å²) in [5, 5.41) is 4.76. The molecule has 0 aromatic carbocycles. The van der Waals surface area contributed by atoms with Gasteiger partial charge in [0.1, 0.15) is 0 Å². The van der Waals surface area contributed by atoms with E-state index < -0.39 is 0 Å². The van der Waals surface area contributed by atoms with E-state index in [1.807, 2.05) is 17.5 Å². The molecule has 84 valence electrons. The molecule has 0 unspecified atom stereocenters. The molecule has 0 atom stereocenters. The molecule has 3 nitrogen and oxygen atoms in total. The second-order valence-electron chi connectivity index (χ2n) is 3.20. The molecule has 0 spiro atoms. The van der Waals surface area contributed by atoms with E-state index in [1.165, 1.54) is 11.3 Å². The summed E-state index contributed by atoms with van der Waals surface area (Å²) in [5.74, 6) is 0.0143. The van der Waals surface area contributed by atoms with E-state index >= 15 is 0 Å². The van der Waals surface area contributed by atoms with Gasteiger partial charge in [-0.3, -0.25) is 4.79 Å². The smallest absolute Gasteiger partial charge is 0.261 e. The topological polar surface area (TPSA) is 38.3 Å². The van der Waals surface area contributed by atoms with Gasteiger partial charge in [0.15, 0.2) is 0 Å². The quantitative estimate of drug-likeness (QED) is 0.726. The third kappa shape index (κ3) is 4.95. The van der Waals surface area contributed by atoms with Crippen LogP contribution in [0.3, 0.4) is 0 Å². The van der Waals surface area contributed by atoms with Crippen molar-refractivity contribution in [3.63, 3.8) is 0 Å². The second kappa shape index (κ2) is 7.43. The van der Waals surface area contributed by atoms with Crippen molar-refractivity contribution in [3.05, 3.63) is 22.4 Å². The summed E-state index contributed by atoms with van der Waals surface area (Å²) in [6.07, 6.45) is 1.92. The SMILES string of the molecule is CCCOCCCNC(=O)c1cccs1. The first-order valence-corrected chi connectivity index (χ1v) is 6.12. The van der Waals surface area contributed by atoms with Crippen LogP contribution in [0.5, 0.6) is 0 Å². The van der Waals surface area contributed by atoms with Crippen molar-refractivity contribution in [1.29, 1.82) is 0 Å². The van der Waals surface area contributed by atoms with Gasteiger partial charge in [-0.1, -0.05) is 13.0 Å². The summed E-state index contributed by atoms with van der Waals surface area (Å²) in [6, 6.07) is 3.71. The summed E-state index contributed by atoms with van der Waals surface area (Å²) in [4.78, 5) is 12.2. The Morgan fingerprint density at radius 1 is 1.53 bits per heavy atom. The minimum Gasteiger partial charge on any atom is -0.381 e. The lowest BCUT2D eigenvalue weighted by atomic mass is 10.4. The van der Waals surface area contributed by atoms with Crippen LogP contribution in [0, 0.1) is 0 Å². The maximum absolute atomic E-state index is 11.5. The molecular weight excluding hydrogens is 210 g/mol. The Morgan fingerprint density at radius 2 is 2.40 bits per heavy atom. The van der Waals surface area contributed by atoms with Gasteiger partial charge in [0.2, 0.25) is 0 Å². The van der Waals surface area contributed by atoms with Gasteiger partial charge in [0.05, 0.1) is 4.88 Å². The number of nitrogens with one attached hydrogen (secondary N) is 1. The van der Waals surface area contributed by atoms with Gasteiger partial charge in [-0.15, -0.1) is 11.3 Å². The number of ether oxygens (including phenoxy) is 1. The third-order valence-electron chi connectivity index (χ3n) is 1.84. The summed E-state index contributed by atoms with van der Waals surface area (Å²) >= 11 is 1.46. The van der Waals surface area contributed by atoms with Crippen molar-refractivity contribution in [2.24, 2.45) is 0 Å². The molecule has 1 aromatic rings. The highest BCUT2D eigenvalue weighted by atomic mass is 32.1. The highest BCUT2D eigenvalue weighted by Gasteiger charge is 2.04. The molecule has 1 rings (SSSR count). The standard InChI is InChI=1S/C11H17NO2S/c1-2-7-14-8-4-6-12-11(13)10-5-3-9-15-10/h3,5,9H,2,4,6-8H2,1H3,(H,12,13). The Morgan fingerprint density at radius 3 is 3.07 bits per heavy atom. The average Bonchev–Trinajstić information content (AvgIpc) is 2.76. The Bertz CT molecular complexity index is 272. The van der Waals surface area contributed by atoms with Gasteiger partial charge >= 0.3 is 0 Å². The summed E-state index contributed by atoms with van der Waals surface area (Å²) < 4.78 is 5.31. The van der Waals surface area contributed by atoms with Gasteiger partial charge in [-0.25, -0.2) is 0 Å². The van der Waals surface area contributed by atoms with Gasteiger partial charge in [0, 0.05) is 19.8 Å². The molecular formula is C11H17NO2S. The fourth-order valence-electron chi connectivity index (χ4n) is 1.12. The van der Waals surface area contributed by atoms with E-state index in [2.05, 4.69) is 12.2 Å². The molecule has 1 N–H and O–H groups in total. The zero-order chi connectivity index (χ0) is 10.9. The maximum Gasteiger partial charge on any atom is 0.261 e. The first kappa shape index (κ1) is 12.2. The van der Waals surface area contributed by atoms with Gasteiger partial charge in [0.25, 0.3) is 5.91 Å². The number of hydrogen-bond acceptors (Lipinski definition) is 3. The van der Waals surface area contributed by atoms with Crippen LogP contribution in [-0.2, 0) is 4.74 Å². The minimum atomic E-state index is 0.0143. The Labute approximate surface area is 94.5 Å². The zero-order valence-corrected chi connectivity index (χ0v) is 9.81. The maximum atomic E-state index is 11.5. The fraction of sp³-hybridized carbons (Fsp3) is 0.545. The summed E-state index contributed by atoms with van der Waals surface area (Å²) in [6.45, 7) is 4.29. The normalized spacial score (nSPS) is 10.2. The number of carbonyl (C=O) groups excluding carboxylic acids is 1. The molecule has 1 aromatic heterocycles. The first-order valence-electron chi connectivity index (χ1n) is 5.24. The zero-order valence-electron chi connectivity index (χ0n) is 8.99. The summed E-state index contributed by atoms with van der Waals surface area (Å²) in [7, 11) is 0. The van der Waals surface area contributed by atoms with Crippen LogP contribution in [0.1, 0.15) is 29.4 Å². The molecule has 0 radical (unpaired) electrons. The lowest BCUT2D eigenvalue weighted by Crippen LogP contribution is -2.24. The van der Waals surface area contributed by atoms with Crippen LogP contribution < -0.4 is 5.32 Å². The van der Waals surface area contributed by atoms with E-state index in [4.69, 9.17) is 4.74 Å². The number of amides is 1. The molecule has 15 heavy (non-hydrogen) atoms. The monoisotopic (exact) mass is 227 g/mol. The predicted molar refractivity (Wildman–Crippen MR) is 62.4 cm³/mol. The number of rotatable bonds is 7. The Kier molecular flexibility index (Phi) is 6.04. The molecule has 1 amide bonds. The molecule has 0 fully saturated rings. The van der Waals surface area contributed by atoms with E-state index in [0.717, 1.165) is 30.9 Å². The largest absolute Gasteiger partial charge is 0.381 e. The van der Waals surface area contributed by atoms with E-state index in [1.54, 1.807) is 0 Å². The van der Waals surface area contributed by atoms with Crippen molar-refractivity contribution >= 4 is 17.2 Å². The number of carbonyl (C=O) groups is 1. The van der Waals surface area contributed by atoms with Gasteiger partial charge in [-0.05, 0) is 24.3 Å². The highest BCUT2D eigenvalue weighted by Crippen LogP contribution is 2.07. The van der Waals surface area contributed by atoms with Gasteiger partial charge < -0.3 is 10.1 Å². The van der Waals surface area contributed by atoms with Crippen molar-refractivity contribution in [2.45, 2.75) is 19.8 Å². The average molecular weight is 227 g/mol. The van der Waals surface area contributed by atoms with E-state index in [0.29, 0.717) is 6.54 Å². The lowest BCUT2D eigenvalue weighted by Gasteiger charge is -2.04. The fourth-order valence-corrected chi connectivity index (χ4v) is 1.76. The van der Waals surface area contributed by atoms with Crippen LogP contribution in [0.4, 0.5) is 0 Å². The lowest BCUT2D eigenvalue weighted by molar-refractivity contribution is 0.0945. The Balaban J connectivity index is 2.03. The van der Waals surface area contributed by atoms with Crippen LogP contribution in [-0.4, -0.2) is 25.7 Å². The molecule has 4 heteroatoms. The molecule has 0 saturated carbocycles. The number of hydrogen-bond donors (Lipinski definition) is 1. The van der Waals surface area contributed by atoms with Crippen LogP contribution in [0.2, 0.25) is 0 Å². The highest BCUT2D eigenvalue weighted by molar-refractivity contribution is 7.12. The minimum absolute atomic E-state index is 0.0143. The summed E-state index contributed by atoms with van der Waals surface area (Å²) in [5.41, 5.74) is 0.